The van der Waals surface area contributed by atoms with Crippen LogP contribution in [0.5, 0.6) is 0 Å². The van der Waals surface area contributed by atoms with Crippen LogP contribution in [0.2, 0.25) is 0 Å². The van der Waals surface area contributed by atoms with Crippen molar-refractivity contribution in [2.24, 2.45) is 5.73 Å². The van der Waals surface area contributed by atoms with E-state index in [4.69, 9.17) is 5.73 Å². The number of carbonyl (C=O) groups is 1. The molecule has 0 aliphatic rings. The molecule has 0 fully saturated rings. The summed E-state index contributed by atoms with van der Waals surface area (Å²) in [5.41, 5.74) is 8.70. The summed E-state index contributed by atoms with van der Waals surface area (Å²) in [4.78, 5) is 11.3. The Balaban J connectivity index is 1.94. The van der Waals surface area contributed by atoms with Gasteiger partial charge in [-0.25, -0.2) is 0 Å². The van der Waals surface area contributed by atoms with Gasteiger partial charge in [-0.2, -0.15) is 0 Å². The van der Waals surface area contributed by atoms with Crippen LogP contribution >= 0.6 is 0 Å². The van der Waals surface area contributed by atoms with Crippen LogP contribution < -0.4 is 11.1 Å². The quantitative estimate of drug-likeness (QED) is 0.710. The van der Waals surface area contributed by atoms with Crippen molar-refractivity contribution in [1.82, 2.24) is 20.7 Å². The lowest BCUT2D eigenvalue weighted by atomic mass is 10.0. The van der Waals surface area contributed by atoms with Gasteiger partial charge >= 0.3 is 0 Å². The van der Waals surface area contributed by atoms with E-state index in [0.717, 1.165) is 29.4 Å². The van der Waals surface area contributed by atoms with Crippen molar-refractivity contribution in [1.29, 1.82) is 0 Å². The van der Waals surface area contributed by atoms with Crippen LogP contribution in [0.4, 0.5) is 0 Å². The molecule has 0 spiro atoms. The number of amides is 1. The molecule has 6 nitrogen and oxygen atoms in total. The van der Waals surface area contributed by atoms with E-state index in [1.54, 1.807) is 7.05 Å². The molecule has 6 heteroatoms. The number of nitrogens with one attached hydrogen (secondary N) is 2. The number of aromatic nitrogens is 3. The average Bonchev–Trinajstić information content (AvgIpc) is 2.86. The van der Waals surface area contributed by atoms with Crippen molar-refractivity contribution in [3.05, 3.63) is 23.8 Å². The Morgan fingerprint density at radius 2 is 2.39 bits per heavy atom. The minimum absolute atomic E-state index is 0.116. The number of hydrogen-bond acceptors (Lipinski definition) is 4. The Hall–Kier alpha value is -1.95. The molecule has 1 atom stereocenters. The fraction of sp³-hybridized carbons (Fsp3) is 0.417. The van der Waals surface area contributed by atoms with Gasteiger partial charge in [0.2, 0.25) is 5.91 Å². The fourth-order valence-corrected chi connectivity index (χ4v) is 1.96. The number of nitrogens with zero attached hydrogens (tertiary/aromatic N) is 2. The molecular weight excluding hydrogens is 230 g/mol. The third-order valence-electron chi connectivity index (χ3n) is 2.98. The molecule has 2 aromatic rings. The van der Waals surface area contributed by atoms with Crippen molar-refractivity contribution in [2.75, 3.05) is 7.05 Å². The summed E-state index contributed by atoms with van der Waals surface area (Å²) in [6, 6.07) is 5.49. The molecule has 96 valence electrons. The summed E-state index contributed by atoms with van der Waals surface area (Å²) in [6.07, 6.45) is 2.35. The van der Waals surface area contributed by atoms with Gasteiger partial charge in [0.25, 0.3) is 0 Å². The van der Waals surface area contributed by atoms with Gasteiger partial charge in [0.1, 0.15) is 5.52 Å². The maximum atomic E-state index is 11.3. The third-order valence-corrected chi connectivity index (χ3v) is 2.98. The topological polar surface area (TPSA) is 96.7 Å². The number of H-pyrrole nitrogens is 1. The number of carbonyl (C=O) groups excluding carboxylic acids is 1. The van der Waals surface area contributed by atoms with Gasteiger partial charge in [0, 0.05) is 7.05 Å². The predicted octanol–water partition coefficient (Wildman–Crippen LogP) is 0.354. The number of nitrogens with two attached hydrogens (primary N) is 1. The average molecular weight is 247 g/mol. The van der Waals surface area contributed by atoms with E-state index in [-0.39, 0.29) is 5.91 Å². The molecule has 0 aliphatic heterocycles. The lowest BCUT2D eigenvalue weighted by molar-refractivity contribution is -0.122. The Morgan fingerprint density at radius 1 is 1.56 bits per heavy atom. The zero-order valence-electron chi connectivity index (χ0n) is 10.3. The monoisotopic (exact) mass is 247 g/mol. The summed E-state index contributed by atoms with van der Waals surface area (Å²) in [7, 11) is 1.60. The lowest BCUT2D eigenvalue weighted by Gasteiger charge is -2.09. The van der Waals surface area contributed by atoms with Gasteiger partial charge in [-0.3, -0.25) is 9.89 Å². The molecule has 4 N–H and O–H groups in total. The van der Waals surface area contributed by atoms with Gasteiger partial charge in [0.05, 0.1) is 11.6 Å². The van der Waals surface area contributed by atoms with Crippen molar-refractivity contribution in [2.45, 2.75) is 25.3 Å². The number of aryl methyl sites for hydroxylation is 1. The normalized spacial score (nSPS) is 12.6. The van der Waals surface area contributed by atoms with Gasteiger partial charge < -0.3 is 11.1 Å². The van der Waals surface area contributed by atoms with Gasteiger partial charge in [-0.15, -0.1) is 5.10 Å². The minimum atomic E-state index is -0.438. The number of rotatable bonds is 5. The van der Waals surface area contributed by atoms with Crippen LogP contribution in [0, 0.1) is 0 Å². The maximum absolute atomic E-state index is 11.3. The molecule has 18 heavy (non-hydrogen) atoms. The zero-order chi connectivity index (χ0) is 13.0. The SMILES string of the molecule is CNC(=O)C(N)CCCc1cccc2[nH]nnc12. The van der Waals surface area contributed by atoms with Gasteiger partial charge in [0.15, 0.2) is 0 Å². The Labute approximate surface area is 105 Å². The number of fused-ring (bicyclic) bond motifs is 1. The van der Waals surface area contributed by atoms with Crippen LogP contribution in [-0.4, -0.2) is 34.4 Å². The Morgan fingerprint density at radius 3 is 3.17 bits per heavy atom. The smallest absolute Gasteiger partial charge is 0.236 e. The summed E-state index contributed by atoms with van der Waals surface area (Å²) in [6.45, 7) is 0. The van der Waals surface area contributed by atoms with Crippen molar-refractivity contribution in [3.63, 3.8) is 0 Å². The first kappa shape index (κ1) is 12.5. The first-order chi connectivity index (χ1) is 8.72. The van der Waals surface area contributed by atoms with E-state index in [1.165, 1.54) is 0 Å². The number of aromatic amines is 1. The highest BCUT2D eigenvalue weighted by atomic mass is 16.2. The van der Waals surface area contributed by atoms with E-state index in [9.17, 15) is 4.79 Å². The zero-order valence-corrected chi connectivity index (χ0v) is 10.3. The third kappa shape index (κ3) is 2.65. The number of hydrogen-bond donors (Lipinski definition) is 3. The Kier molecular flexibility index (Phi) is 3.88. The van der Waals surface area contributed by atoms with Crippen LogP contribution in [0.25, 0.3) is 11.0 Å². The standard InChI is InChI=1S/C12H17N5O/c1-14-12(18)9(13)6-2-4-8-5-3-7-10-11(8)16-17-15-10/h3,5,7,9H,2,4,6,13H2,1H3,(H,14,18)(H,15,16,17). The van der Waals surface area contributed by atoms with Crippen LogP contribution in [0.3, 0.4) is 0 Å². The van der Waals surface area contributed by atoms with E-state index in [0.29, 0.717) is 6.42 Å². The molecule has 0 saturated heterocycles. The number of benzene rings is 1. The van der Waals surface area contributed by atoms with Crippen molar-refractivity contribution < 1.29 is 4.79 Å². The summed E-state index contributed by atoms with van der Waals surface area (Å²) in [5.74, 6) is -0.116. The Bertz CT molecular complexity index is 536. The highest BCUT2D eigenvalue weighted by Crippen LogP contribution is 2.16. The van der Waals surface area contributed by atoms with Crippen molar-refractivity contribution >= 4 is 16.9 Å². The van der Waals surface area contributed by atoms with Crippen molar-refractivity contribution in [3.8, 4) is 0 Å². The molecule has 2 rings (SSSR count). The predicted molar refractivity (Wildman–Crippen MR) is 68.9 cm³/mol. The second-order valence-electron chi connectivity index (χ2n) is 4.24. The molecule has 0 radical (unpaired) electrons. The summed E-state index contributed by atoms with van der Waals surface area (Å²) < 4.78 is 0. The molecule has 0 aliphatic carbocycles. The first-order valence-corrected chi connectivity index (χ1v) is 5.98. The van der Waals surface area contributed by atoms with E-state index < -0.39 is 6.04 Å². The van der Waals surface area contributed by atoms with E-state index in [1.807, 2.05) is 18.2 Å². The molecule has 1 unspecified atom stereocenters. The lowest BCUT2D eigenvalue weighted by Crippen LogP contribution is -2.38. The molecule has 0 bridgehead atoms. The first-order valence-electron chi connectivity index (χ1n) is 5.98. The van der Waals surface area contributed by atoms with Gasteiger partial charge in [-0.05, 0) is 30.9 Å². The maximum Gasteiger partial charge on any atom is 0.236 e. The van der Waals surface area contributed by atoms with Crippen LogP contribution in [0.1, 0.15) is 18.4 Å². The van der Waals surface area contributed by atoms with Crippen LogP contribution in [-0.2, 0) is 11.2 Å². The molecule has 1 aromatic heterocycles. The van der Waals surface area contributed by atoms with Crippen LogP contribution in [0.15, 0.2) is 18.2 Å². The molecule has 1 aromatic carbocycles. The molecule has 0 saturated carbocycles. The highest BCUT2D eigenvalue weighted by molar-refractivity contribution is 5.81. The van der Waals surface area contributed by atoms with Gasteiger partial charge in [-0.1, -0.05) is 17.3 Å². The summed E-state index contributed by atoms with van der Waals surface area (Å²) in [5, 5.41) is 13.2. The molecule has 1 heterocycles. The summed E-state index contributed by atoms with van der Waals surface area (Å²) >= 11 is 0. The fourth-order valence-electron chi connectivity index (χ4n) is 1.96. The largest absolute Gasteiger partial charge is 0.358 e. The number of likely N-dealkylation sites (N-methyl/N-ethyl adjacent to an activating group) is 1. The second kappa shape index (κ2) is 5.59. The van der Waals surface area contributed by atoms with E-state index in [2.05, 4.69) is 20.7 Å². The molecular formula is C12H17N5O. The highest BCUT2D eigenvalue weighted by Gasteiger charge is 2.11. The van der Waals surface area contributed by atoms with E-state index >= 15 is 0 Å². The second-order valence-corrected chi connectivity index (χ2v) is 4.24. The molecule has 1 amide bonds. The minimum Gasteiger partial charge on any atom is -0.358 e.